The Kier molecular flexibility index (Phi) is 6.14. The molecule has 0 aliphatic heterocycles. The van der Waals surface area contributed by atoms with Crippen LogP contribution in [0.5, 0.6) is 0 Å². The van der Waals surface area contributed by atoms with E-state index in [1.165, 1.54) is 11.8 Å². The minimum atomic E-state index is -0.0930. The van der Waals surface area contributed by atoms with Crippen molar-refractivity contribution < 1.29 is 4.79 Å². The van der Waals surface area contributed by atoms with Crippen molar-refractivity contribution in [3.8, 4) is 22.8 Å². The van der Waals surface area contributed by atoms with Crippen LogP contribution in [-0.4, -0.2) is 36.4 Å². The molecule has 0 spiro atoms. The molecule has 0 radical (unpaired) electrons. The molecule has 5 aromatic rings. The summed E-state index contributed by atoms with van der Waals surface area (Å²) in [6, 6.07) is 23.7. The average molecular weight is 469 g/mol. The van der Waals surface area contributed by atoms with E-state index in [0.717, 1.165) is 56.8 Å². The van der Waals surface area contributed by atoms with Crippen molar-refractivity contribution in [2.45, 2.75) is 25.5 Å². The zero-order valence-electron chi connectivity index (χ0n) is 18.9. The molecule has 1 amide bonds. The lowest BCUT2D eigenvalue weighted by molar-refractivity contribution is -0.113. The fourth-order valence-electron chi connectivity index (χ4n) is 3.83. The van der Waals surface area contributed by atoms with Crippen LogP contribution in [0.1, 0.15) is 12.5 Å². The first kappa shape index (κ1) is 21.9. The number of benzene rings is 3. The molecule has 2 N–H and O–H groups in total. The predicted octanol–water partition coefficient (Wildman–Crippen LogP) is 5.55. The van der Waals surface area contributed by atoms with Crippen LogP contribution in [-0.2, 0) is 11.3 Å². The molecule has 0 unspecified atom stereocenters. The number of rotatable bonds is 7. The van der Waals surface area contributed by atoms with E-state index in [1.54, 1.807) is 0 Å². The van der Waals surface area contributed by atoms with Crippen LogP contribution in [0.2, 0.25) is 0 Å². The summed E-state index contributed by atoms with van der Waals surface area (Å²) in [6.07, 6.45) is 0. The number of nitrogens with one attached hydrogen (secondary N) is 2. The molecular formula is C26H24N6OS. The van der Waals surface area contributed by atoms with E-state index in [1.807, 2.05) is 71.3 Å². The van der Waals surface area contributed by atoms with Crippen LogP contribution in [0.25, 0.3) is 33.8 Å². The van der Waals surface area contributed by atoms with E-state index < -0.39 is 0 Å². The van der Waals surface area contributed by atoms with Gasteiger partial charge in [0.15, 0.2) is 11.0 Å². The van der Waals surface area contributed by atoms with Gasteiger partial charge in [-0.15, -0.1) is 10.2 Å². The number of hydrogen-bond acceptors (Lipinski definition) is 5. The lowest BCUT2D eigenvalue weighted by atomic mass is 10.1. The van der Waals surface area contributed by atoms with E-state index in [4.69, 9.17) is 0 Å². The second kappa shape index (κ2) is 9.52. The molecule has 8 heteroatoms. The highest BCUT2D eigenvalue weighted by Gasteiger charge is 2.16. The number of nitrogens with zero attached hydrogens (tertiary/aromatic N) is 4. The Balaban J connectivity index is 1.23. The molecule has 7 nitrogen and oxygen atoms in total. The zero-order valence-corrected chi connectivity index (χ0v) is 19.8. The van der Waals surface area contributed by atoms with Gasteiger partial charge in [0, 0.05) is 23.4 Å². The minimum absolute atomic E-state index is 0.0930. The van der Waals surface area contributed by atoms with Gasteiger partial charge in [-0.05, 0) is 55.8 Å². The van der Waals surface area contributed by atoms with Crippen molar-refractivity contribution in [1.82, 2.24) is 24.7 Å². The minimum Gasteiger partial charge on any atom is -0.338 e. The van der Waals surface area contributed by atoms with Crippen molar-refractivity contribution in [2.24, 2.45) is 0 Å². The molecule has 0 bridgehead atoms. The normalized spacial score (nSPS) is 11.1. The van der Waals surface area contributed by atoms with Crippen molar-refractivity contribution in [1.29, 1.82) is 0 Å². The summed E-state index contributed by atoms with van der Waals surface area (Å²) >= 11 is 1.39. The molecule has 2 aromatic heterocycles. The Morgan fingerprint density at radius 1 is 1.00 bits per heavy atom. The maximum Gasteiger partial charge on any atom is 0.234 e. The molecule has 0 aliphatic carbocycles. The highest BCUT2D eigenvalue weighted by molar-refractivity contribution is 7.99. The molecule has 0 saturated heterocycles. The number of hydrogen-bond donors (Lipinski definition) is 2. The molecule has 5 rings (SSSR count). The number of aromatic amines is 1. The number of carbonyl (C=O) groups is 1. The first-order valence-corrected chi connectivity index (χ1v) is 12.1. The summed E-state index contributed by atoms with van der Waals surface area (Å²) in [7, 11) is 0. The van der Waals surface area contributed by atoms with Gasteiger partial charge in [-0.1, -0.05) is 48.2 Å². The number of carbonyl (C=O) groups excluding carboxylic acids is 1. The average Bonchev–Trinajstić information content (AvgIpc) is 3.47. The van der Waals surface area contributed by atoms with Gasteiger partial charge in [0.1, 0.15) is 5.82 Å². The number of imidazole rings is 1. The summed E-state index contributed by atoms with van der Waals surface area (Å²) in [5.41, 5.74) is 5.82. The molecule has 3 aromatic carbocycles. The molecule has 0 saturated carbocycles. The maximum atomic E-state index is 12.6. The van der Waals surface area contributed by atoms with E-state index in [9.17, 15) is 4.79 Å². The molecule has 0 fully saturated rings. The topological polar surface area (TPSA) is 88.5 Å². The monoisotopic (exact) mass is 468 g/mol. The number of anilines is 1. The third-order valence-electron chi connectivity index (χ3n) is 5.58. The first-order chi connectivity index (χ1) is 16.6. The molecule has 0 aliphatic rings. The number of fused-ring (bicyclic) bond motifs is 1. The van der Waals surface area contributed by atoms with Gasteiger partial charge in [-0.2, -0.15) is 0 Å². The highest BCUT2D eigenvalue weighted by atomic mass is 32.2. The van der Waals surface area contributed by atoms with Gasteiger partial charge in [-0.25, -0.2) is 4.98 Å². The fraction of sp³-hybridized carbons (Fsp3) is 0.154. The number of H-pyrrole nitrogens is 1. The summed E-state index contributed by atoms with van der Waals surface area (Å²) < 4.78 is 2.04. The van der Waals surface area contributed by atoms with E-state index in [2.05, 4.69) is 45.4 Å². The maximum absolute atomic E-state index is 12.6. The van der Waals surface area contributed by atoms with Gasteiger partial charge in [0.25, 0.3) is 0 Å². The lowest BCUT2D eigenvalue weighted by Crippen LogP contribution is -2.14. The molecule has 34 heavy (non-hydrogen) atoms. The number of para-hydroxylation sites is 2. The van der Waals surface area contributed by atoms with Crippen LogP contribution in [0, 0.1) is 6.92 Å². The molecule has 0 atom stereocenters. The number of aromatic nitrogens is 5. The Bertz CT molecular complexity index is 1420. The van der Waals surface area contributed by atoms with Crippen molar-refractivity contribution in [3.05, 3.63) is 78.4 Å². The summed E-state index contributed by atoms with van der Waals surface area (Å²) in [4.78, 5) is 20.5. The summed E-state index contributed by atoms with van der Waals surface area (Å²) in [5.74, 6) is 1.78. The zero-order chi connectivity index (χ0) is 23.5. The largest absolute Gasteiger partial charge is 0.338 e. The van der Waals surface area contributed by atoms with Crippen molar-refractivity contribution in [3.63, 3.8) is 0 Å². The summed E-state index contributed by atoms with van der Waals surface area (Å²) in [6.45, 7) is 4.84. The first-order valence-electron chi connectivity index (χ1n) is 11.1. The van der Waals surface area contributed by atoms with Gasteiger partial charge in [-0.3, -0.25) is 4.79 Å². The van der Waals surface area contributed by atoms with E-state index in [0.29, 0.717) is 0 Å². The van der Waals surface area contributed by atoms with Crippen LogP contribution in [0.4, 0.5) is 5.69 Å². The number of thioether (sulfide) groups is 1. The molecular weight excluding hydrogens is 444 g/mol. The summed E-state index contributed by atoms with van der Waals surface area (Å²) in [5, 5.41) is 12.4. The standard InChI is InChI=1S/C26H24N6OS/c1-3-32-25(20-9-5-4-8-17(20)2)30-31-26(32)34-16-23(33)27-19-14-12-18(13-15-19)24-28-21-10-6-7-11-22(21)29-24/h4-15H,3,16H2,1-2H3,(H,27,33)(H,28,29). The SMILES string of the molecule is CCn1c(SCC(=O)Nc2ccc(-c3nc4ccccc4[nH]3)cc2)nnc1-c1ccccc1C. The molecule has 170 valence electrons. The Morgan fingerprint density at radius 2 is 1.76 bits per heavy atom. The van der Waals surface area contributed by atoms with Gasteiger partial charge in [0.05, 0.1) is 16.8 Å². The third-order valence-corrected chi connectivity index (χ3v) is 6.55. The Labute approximate surface area is 201 Å². The van der Waals surface area contributed by atoms with Gasteiger partial charge >= 0.3 is 0 Å². The second-order valence-electron chi connectivity index (χ2n) is 7.88. The number of amides is 1. The van der Waals surface area contributed by atoms with Crippen LogP contribution in [0.15, 0.2) is 78.0 Å². The second-order valence-corrected chi connectivity index (χ2v) is 8.82. The third kappa shape index (κ3) is 4.45. The molecule has 2 heterocycles. The Morgan fingerprint density at radius 3 is 2.53 bits per heavy atom. The van der Waals surface area contributed by atoms with Crippen LogP contribution in [0.3, 0.4) is 0 Å². The van der Waals surface area contributed by atoms with Crippen LogP contribution >= 0.6 is 11.8 Å². The Hall–Kier alpha value is -3.91. The smallest absolute Gasteiger partial charge is 0.234 e. The van der Waals surface area contributed by atoms with E-state index >= 15 is 0 Å². The fourth-order valence-corrected chi connectivity index (χ4v) is 4.63. The number of aryl methyl sites for hydroxylation is 1. The van der Waals surface area contributed by atoms with Crippen molar-refractivity contribution in [2.75, 3.05) is 11.1 Å². The van der Waals surface area contributed by atoms with E-state index in [-0.39, 0.29) is 11.7 Å². The predicted molar refractivity (Wildman–Crippen MR) is 137 cm³/mol. The van der Waals surface area contributed by atoms with Crippen molar-refractivity contribution >= 4 is 34.4 Å². The van der Waals surface area contributed by atoms with Gasteiger partial charge < -0.3 is 14.9 Å². The lowest BCUT2D eigenvalue weighted by Gasteiger charge is -2.09. The highest BCUT2D eigenvalue weighted by Crippen LogP contribution is 2.27. The van der Waals surface area contributed by atoms with Gasteiger partial charge in [0.2, 0.25) is 5.91 Å². The van der Waals surface area contributed by atoms with Crippen LogP contribution < -0.4 is 5.32 Å². The quantitative estimate of drug-likeness (QED) is 0.306.